The number of aromatic carboxylic acids is 2. The summed E-state index contributed by atoms with van der Waals surface area (Å²) < 4.78 is 5.41. The summed E-state index contributed by atoms with van der Waals surface area (Å²) in [5.74, 6) is -3.69. The van der Waals surface area contributed by atoms with Crippen LogP contribution in [-0.2, 0) is 12.8 Å². The maximum absolute atomic E-state index is 12.5. The second-order valence-corrected chi connectivity index (χ2v) is 6.81. The number of nitrogens with zero attached hydrogens (tertiary/aromatic N) is 1. The van der Waals surface area contributed by atoms with Crippen LogP contribution in [0.25, 0.3) is 21.9 Å². The van der Waals surface area contributed by atoms with E-state index in [2.05, 4.69) is 4.98 Å². The van der Waals surface area contributed by atoms with Crippen LogP contribution in [0.3, 0.4) is 0 Å². The molecule has 0 radical (unpaired) electrons. The third-order valence-electron chi connectivity index (χ3n) is 4.49. The largest absolute Gasteiger partial charge is 1.00 e. The third-order valence-corrected chi connectivity index (χ3v) is 4.93. The molecule has 0 bridgehead atoms. The Morgan fingerprint density at radius 2 is 1.60 bits per heavy atom. The number of rotatable bonds is 6. The van der Waals surface area contributed by atoms with Crippen LogP contribution in [0.5, 0.6) is 0 Å². The summed E-state index contributed by atoms with van der Waals surface area (Å²) in [6, 6.07) is 2.31. The molecule has 3 rings (SSSR count). The molecule has 0 saturated carbocycles. The average molecular weight is 448 g/mol. The molecule has 0 aliphatic carbocycles. The number of carbonyl (C=O) groups is 2. The first kappa shape index (κ1) is 27.1. The summed E-state index contributed by atoms with van der Waals surface area (Å²) in [7, 11) is 0. The van der Waals surface area contributed by atoms with Gasteiger partial charge in [-0.25, -0.2) is 4.98 Å². The number of benzene rings is 1. The predicted molar refractivity (Wildman–Crippen MR) is 99.4 cm³/mol. The summed E-state index contributed by atoms with van der Waals surface area (Å²) in [5, 5.41) is 23.6. The first-order valence-corrected chi connectivity index (χ1v) is 9.22. The van der Waals surface area contributed by atoms with Gasteiger partial charge in [-0.1, -0.05) is 38.3 Å². The van der Waals surface area contributed by atoms with E-state index in [9.17, 15) is 24.6 Å². The van der Waals surface area contributed by atoms with Gasteiger partial charge in [0.2, 0.25) is 0 Å². The van der Waals surface area contributed by atoms with Crippen LogP contribution in [-0.4, -0.2) is 16.9 Å². The normalized spacial score (nSPS) is 10.5. The van der Waals surface area contributed by atoms with Crippen LogP contribution in [0.2, 0.25) is 5.02 Å². The predicted octanol–water partition coefficient (Wildman–Crippen LogP) is -4.37. The van der Waals surface area contributed by atoms with E-state index in [1.165, 1.54) is 6.07 Å². The quantitative estimate of drug-likeness (QED) is 0.276. The topological polar surface area (TPSA) is 123 Å². The molecule has 7 nitrogen and oxygen atoms in total. The fraction of sp³-hybridized carbons (Fsp3) is 0.300. The molecule has 1 aromatic carbocycles. The molecule has 0 amide bonds. The van der Waals surface area contributed by atoms with E-state index in [1.807, 2.05) is 13.8 Å². The van der Waals surface area contributed by atoms with Gasteiger partial charge in [0, 0.05) is 17.0 Å². The second kappa shape index (κ2) is 11.1. The minimum atomic E-state index is -1.62. The number of hydrogen-bond donors (Lipinski definition) is 0. The molecule has 10 heteroatoms. The number of carboxylic acid groups (broad SMARTS) is 2. The molecular formula is C20H16ClNNa2O6. The number of hydrogen-bond acceptors (Lipinski definition) is 7. The van der Waals surface area contributed by atoms with Crippen molar-refractivity contribution in [2.24, 2.45) is 0 Å². The molecule has 0 spiro atoms. The van der Waals surface area contributed by atoms with Gasteiger partial charge < -0.3 is 24.2 Å². The molecule has 0 aliphatic heterocycles. The number of carboxylic acids is 2. The van der Waals surface area contributed by atoms with Crippen LogP contribution in [0.4, 0.5) is 0 Å². The summed E-state index contributed by atoms with van der Waals surface area (Å²) in [4.78, 5) is 39.5. The maximum atomic E-state index is 12.5. The summed E-state index contributed by atoms with van der Waals surface area (Å²) in [6.45, 7) is 3.75. The maximum Gasteiger partial charge on any atom is 1.00 e. The average Bonchev–Trinajstić information content (AvgIpc) is 2.64. The smallest absolute Gasteiger partial charge is 0.543 e. The van der Waals surface area contributed by atoms with Gasteiger partial charge in [0.25, 0.3) is 0 Å². The molecule has 2 heterocycles. The van der Waals surface area contributed by atoms with Crippen molar-refractivity contribution < 1.29 is 83.3 Å². The van der Waals surface area contributed by atoms with Gasteiger partial charge in [-0.3, -0.25) is 4.79 Å². The van der Waals surface area contributed by atoms with Crippen LogP contribution in [0.1, 0.15) is 58.9 Å². The molecule has 0 atom stereocenters. The van der Waals surface area contributed by atoms with E-state index in [0.717, 1.165) is 6.07 Å². The number of halogens is 1. The van der Waals surface area contributed by atoms with Gasteiger partial charge >= 0.3 is 59.1 Å². The van der Waals surface area contributed by atoms with Crippen molar-refractivity contribution in [3.05, 3.63) is 50.0 Å². The fourth-order valence-electron chi connectivity index (χ4n) is 3.32. The Bertz CT molecular complexity index is 1190. The Morgan fingerprint density at radius 1 is 1.00 bits per heavy atom. The molecule has 0 saturated heterocycles. The Morgan fingerprint density at radius 3 is 2.13 bits per heavy atom. The molecule has 146 valence electrons. The molecule has 0 N–H and O–H groups in total. The molecule has 30 heavy (non-hydrogen) atoms. The van der Waals surface area contributed by atoms with Gasteiger partial charge in [-0.05, 0) is 24.5 Å². The Balaban J connectivity index is 0.00000225. The number of aromatic nitrogens is 1. The van der Waals surface area contributed by atoms with E-state index < -0.39 is 23.1 Å². The number of fused-ring (bicyclic) bond motifs is 2. The van der Waals surface area contributed by atoms with E-state index in [-0.39, 0.29) is 86.3 Å². The Hall–Kier alpha value is -0.930. The van der Waals surface area contributed by atoms with E-state index in [1.54, 1.807) is 0 Å². The first-order valence-electron chi connectivity index (χ1n) is 8.84. The SMILES string of the molecule is CCCc1c(C(=O)[O-])nc2c(CCC)c3oc(C(=O)[O-])cc(=O)c3cc2c1Cl.[Na+].[Na+]. The van der Waals surface area contributed by atoms with Crippen LogP contribution in [0.15, 0.2) is 21.3 Å². The second-order valence-electron chi connectivity index (χ2n) is 6.43. The van der Waals surface area contributed by atoms with Crippen molar-refractivity contribution in [1.29, 1.82) is 0 Å². The monoisotopic (exact) mass is 447 g/mol. The van der Waals surface area contributed by atoms with Gasteiger partial charge in [0.15, 0.2) is 11.2 Å². The Kier molecular flexibility index (Phi) is 10.0. The van der Waals surface area contributed by atoms with Crippen LogP contribution >= 0.6 is 11.6 Å². The molecule has 0 aliphatic rings. The Labute approximate surface area is 221 Å². The zero-order valence-corrected chi connectivity index (χ0v) is 22.0. The minimum absolute atomic E-state index is 0. The first-order chi connectivity index (χ1) is 13.3. The van der Waals surface area contributed by atoms with Crippen LogP contribution < -0.4 is 74.8 Å². The fourth-order valence-corrected chi connectivity index (χ4v) is 3.65. The number of carbonyl (C=O) groups excluding carboxylic acids is 2. The van der Waals surface area contributed by atoms with Crippen molar-refractivity contribution in [3.8, 4) is 0 Å². The van der Waals surface area contributed by atoms with Crippen LogP contribution in [0, 0.1) is 0 Å². The van der Waals surface area contributed by atoms with Crippen molar-refractivity contribution in [1.82, 2.24) is 4.98 Å². The number of aryl methyl sites for hydroxylation is 1. The molecule has 0 fully saturated rings. The van der Waals surface area contributed by atoms with Gasteiger partial charge in [0.1, 0.15) is 11.6 Å². The van der Waals surface area contributed by atoms with Crippen molar-refractivity contribution in [2.75, 3.05) is 0 Å². The van der Waals surface area contributed by atoms with Gasteiger partial charge in [0.05, 0.1) is 27.6 Å². The van der Waals surface area contributed by atoms with E-state index in [4.69, 9.17) is 16.0 Å². The zero-order valence-electron chi connectivity index (χ0n) is 17.3. The molecule has 2 aromatic heterocycles. The standard InChI is InChI=1S/C20H18ClNO6.2Na/c1-3-5-9-15(21)12-7-11-13(23)8-14(19(24)25)28-18(11)10(6-4-2)16(12)22-17(9)20(26)27;;/h7-8H,3-6H2,1-2H3,(H,24,25)(H,26,27);;/q;2*+1/p-2. The van der Waals surface area contributed by atoms with Crippen molar-refractivity contribution in [2.45, 2.75) is 39.5 Å². The minimum Gasteiger partial charge on any atom is -0.543 e. The van der Waals surface area contributed by atoms with Crippen molar-refractivity contribution >= 4 is 45.4 Å². The summed E-state index contributed by atoms with van der Waals surface area (Å²) in [6.07, 6.45) is 2.00. The summed E-state index contributed by atoms with van der Waals surface area (Å²) >= 11 is 6.51. The molecule has 0 unspecified atom stereocenters. The van der Waals surface area contributed by atoms with Gasteiger partial charge in [-0.2, -0.15) is 0 Å². The summed E-state index contributed by atoms with van der Waals surface area (Å²) in [5.41, 5.74) is 0.220. The molecule has 3 aromatic rings. The zero-order chi connectivity index (χ0) is 20.6. The third kappa shape index (κ3) is 4.93. The number of pyridine rings is 1. The van der Waals surface area contributed by atoms with Crippen molar-refractivity contribution in [3.63, 3.8) is 0 Å². The van der Waals surface area contributed by atoms with E-state index >= 15 is 0 Å². The molecular weight excluding hydrogens is 432 g/mol. The van der Waals surface area contributed by atoms with Gasteiger partial charge in [-0.15, -0.1) is 0 Å². The van der Waals surface area contributed by atoms with E-state index in [0.29, 0.717) is 42.2 Å².